The number of carboxylic acid groups (broad SMARTS) is 1. The molecule has 6 nitrogen and oxygen atoms in total. The molecule has 0 aliphatic rings. The van der Waals surface area contributed by atoms with Gasteiger partial charge in [-0.3, -0.25) is 4.79 Å². The van der Waals surface area contributed by atoms with Crippen molar-refractivity contribution in [2.45, 2.75) is 20.0 Å². The van der Waals surface area contributed by atoms with E-state index in [1.165, 1.54) is 6.07 Å². The van der Waals surface area contributed by atoms with Gasteiger partial charge in [0.1, 0.15) is 12.4 Å². The van der Waals surface area contributed by atoms with Crippen LogP contribution < -0.4 is 10.1 Å². The first-order valence-electron chi connectivity index (χ1n) is 6.44. The second kappa shape index (κ2) is 8.49. The molecule has 0 atom stereocenters. The van der Waals surface area contributed by atoms with E-state index in [0.717, 1.165) is 0 Å². The molecular formula is C14H18ClNO5. The fraction of sp³-hybridized carbons (Fsp3) is 0.429. The Morgan fingerprint density at radius 3 is 2.71 bits per heavy atom. The zero-order valence-corrected chi connectivity index (χ0v) is 12.6. The Morgan fingerprint density at radius 1 is 1.38 bits per heavy atom. The number of nitrogens with one attached hydrogen (secondary N) is 1. The number of halogens is 1. The molecule has 2 N–H and O–H groups in total. The van der Waals surface area contributed by atoms with Gasteiger partial charge in [-0.15, -0.1) is 0 Å². The lowest BCUT2D eigenvalue weighted by Gasteiger charge is -2.14. The van der Waals surface area contributed by atoms with Crippen molar-refractivity contribution in [2.24, 2.45) is 0 Å². The molecule has 0 unspecified atom stereocenters. The van der Waals surface area contributed by atoms with Crippen molar-refractivity contribution in [1.82, 2.24) is 5.32 Å². The summed E-state index contributed by atoms with van der Waals surface area (Å²) in [6.07, 6.45) is -0.0726. The van der Waals surface area contributed by atoms with Crippen LogP contribution in [0.5, 0.6) is 5.75 Å². The van der Waals surface area contributed by atoms with E-state index in [0.29, 0.717) is 16.3 Å². The van der Waals surface area contributed by atoms with Gasteiger partial charge in [0.05, 0.1) is 18.3 Å². The predicted octanol–water partition coefficient (Wildman–Crippen LogP) is 1.96. The van der Waals surface area contributed by atoms with E-state index < -0.39 is 12.6 Å². The molecule has 0 fully saturated rings. The third-order valence-corrected chi connectivity index (χ3v) is 2.54. The van der Waals surface area contributed by atoms with Gasteiger partial charge in [-0.2, -0.15) is 0 Å². The zero-order valence-electron chi connectivity index (χ0n) is 11.9. The first-order valence-corrected chi connectivity index (χ1v) is 6.82. The monoisotopic (exact) mass is 315 g/mol. The quantitative estimate of drug-likeness (QED) is 0.716. The van der Waals surface area contributed by atoms with Crippen molar-refractivity contribution in [1.29, 1.82) is 0 Å². The van der Waals surface area contributed by atoms with E-state index in [9.17, 15) is 9.59 Å². The van der Waals surface area contributed by atoms with Gasteiger partial charge in [0.15, 0.2) is 0 Å². The number of carboxylic acids is 1. The second-order valence-corrected chi connectivity index (χ2v) is 4.95. The smallest absolute Gasteiger partial charge is 0.329 e. The van der Waals surface area contributed by atoms with E-state index >= 15 is 0 Å². The molecule has 7 heteroatoms. The van der Waals surface area contributed by atoms with Crippen molar-refractivity contribution in [2.75, 3.05) is 19.8 Å². The number of ether oxygens (including phenoxy) is 2. The summed E-state index contributed by atoms with van der Waals surface area (Å²) >= 11 is 5.89. The SMILES string of the molecule is CC(C)Oc1ccc(Cl)cc1C(=O)NCCOCC(=O)O. The molecule has 1 amide bonds. The highest BCUT2D eigenvalue weighted by Crippen LogP contribution is 2.23. The van der Waals surface area contributed by atoms with Crippen LogP contribution >= 0.6 is 11.6 Å². The maximum absolute atomic E-state index is 12.1. The van der Waals surface area contributed by atoms with Gasteiger partial charge in [0.25, 0.3) is 5.91 Å². The third kappa shape index (κ3) is 6.46. The van der Waals surface area contributed by atoms with Crippen LogP contribution in [0.4, 0.5) is 0 Å². The lowest BCUT2D eigenvalue weighted by Crippen LogP contribution is -2.28. The van der Waals surface area contributed by atoms with Crippen LogP contribution in [0.2, 0.25) is 5.02 Å². The average molecular weight is 316 g/mol. The van der Waals surface area contributed by atoms with Crippen LogP contribution in [0.1, 0.15) is 24.2 Å². The number of hydrogen-bond donors (Lipinski definition) is 2. The molecule has 1 aromatic carbocycles. The molecule has 0 spiro atoms. The highest BCUT2D eigenvalue weighted by molar-refractivity contribution is 6.31. The topological polar surface area (TPSA) is 84.9 Å². The number of rotatable bonds is 8. The lowest BCUT2D eigenvalue weighted by molar-refractivity contribution is -0.142. The summed E-state index contributed by atoms with van der Waals surface area (Å²) in [4.78, 5) is 22.3. The molecule has 0 bridgehead atoms. The molecular weight excluding hydrogens is 298 g/mol. The normalized spacial score (nSPS) is 10.5. The third-order valence-electron chi connectivity index (χ3n) is 2.31. The summed E-state index contributed by atoms with van der Waals surface area (Å²) < 4.78 is 10.4. The van der Waals surface area contributed by atoms with Gasteiger partial charge in [-0.25, -0.2) is 4.79 Å². The Morgan fingerprint density at radius 2 is 2.10 bits per heavy atom. The molecule has 0 radical (unpaired) electrons. The van der Waals surface area contributed by atoms with Gasteiger partial charge in [0.2, 0.25) is 0 Å². The van der Waals surface area contributed by atoms with Crippen LogP contribution in [0.3, 0.4) is 0 Å². The van der Waals surface area contributed by atoms with Crippen LogP contribution in [-0.2, 0) is 9.53 Å². The van der Waals surface area contributed by atoms with Crippen LogP contribution in [0.25, 0.3) is 0 Å². The standard InChI is InChI=1S/C14H18ClNO5/c1-9(2)21-12-4-3-10(15)7-11(12)14(19)16-5-6-20-8-13(17)18/h3-4,7,9H,5-6,8H2,1-2H3,(H,16,19)(H,17,18). The first-order chi connectivity index (χ1) is 9.90. The minimum Gasteiger partial charge on any atom is -0.490 e. The molecule has 0 aliphatic carbocycles. The largest absolute Gasteiger partial charge is 0.490 e. The Labute approximate surface area is 128 Å². The van der Waals surface area contributed by atoms with Crippen molar-refractivity contribution in [3.8, 4) is 5.75 Å². The Hall–Kier alpha value is -1.79. The summed E-state index contributed by atoms with van der Waals surface area (Å²) in [6.45, 7) is 3.62. The fourth-order valence-corrected chi connectivity index (χ4v) is 1.70. The molecule has 0 saturated carbocycles. The maximum Gasteiger partial charge on any atom is 0.329 e. The highest BCUT2D eigenvalue weighted by Gasteiger charge is 2.14. The van der Waals surface area contributed by atoms with Crippen molar-refractivity contribution < 1.29 is 24.2 Å². The van der Waals surface area contributed by atoms with Crippen LogP contribution in [0.15, 0.2) is 18.2 Å². The van der Waals surface area contributed by atoms with Gasteiger partial charge in [-0.1, -0.05) is 11.6 Å². The summed E-state index contributed by atoms with van der Waals surface area (Å²) in [5.74, 6) is -0.964. The van der Waals surface area contributed by atoms with E-state index in [2.05, 4.69) is 5.32 Å². The Kier molecular flexibility index (Phi) is 6.98. The molecule has 1 rings (SSSR count). The van der Waals surface area contributed by atoms with Crippen molar-refractivity contribution in [3.63, 3.8) is 0 Å². The molecule has 0 aliphatic heterocycles. The number of benzene rings is 1. The summed E-state index contributed by atoms with van der Waals surface area (Å²) in [7, 11) is 0. The zero-order chi connectivity index (χ0) is 15.8. The maximum atomic E-state index is 12.1. The van der Waals surface area contributed by atoms with Gasteiger partial charge in [0, 0.05) is 11.6 Å². The number of amides is 1. The first kappa shape index (κ1) is 17.3. The number of hydrogen-bond acceptors (Lipinski definition) is 4. The Balaban J connectivity index is 2.60. The van der Waals surface area contributed by atoms with Crippen LogP contribution in [-0.4, -0.2) is 42.8 Å². The predicted molar refractivity (Wildman–Crippen MR) is 78.0 cm³/mol. The Bertz CT molecular complexity index is 504. The van der Waals surface area contributed by atoms with Gasteiger partial charge >= 0.3 is 5.97 Å². The molecule has 0 saturated heterocycles. The van der Waals surface area contributed by atoms with Gasteiger partial charge in [-0.05, 0) is 32.0 Å². The minimum absolute atomic E-state index is 0.0726. The number of aliphatic carboxylic acids is 1. The van der Waals surface area contributed by atoms with E-state index in [1.54, 1.807) is 12.1 Å². The average Bonchev–Trinajstić information content (AvgIpc) is 2.39. The molecule has 1 aromatic rings. The summed E-state index contributed by atoms with van der Waals surface area (Å²) in [6, 6.07) is 4.80. The lowest BCUT2D eigenvalue weighted by atomic mass is 10.2. The number of carbonyl (C=O) groups is 2. The highest BCUT2D eigenvalue weighted by atomic mass is 35.5. The molecule has 0 heterocycles. The minimum atomic E-state index is -1.05. The second-order valence-electron chi connectivity index (χ2n) is 4.51. The molecule has 0 aromatic heterocycles. The summed E-state index contributed by atoms with van der Waals surface area (Å²) in [5.41, 5.74) is 0.328. The van der Waals surface area contributed by atoms with Gasteiger partial charge < -0.3 is 19.9 Å². The fourth-order valence-electron chi connectivity index (χ4n) is 1.53. The van der Waals surface area contributed by atoms with Crippen molar-refractivity contribution >= 4 is 23.5 Å². The van der Waals surface area contributed by atoms with E-state index in [4.69, 9.17) is 26.2 Å². The van der Waals surface area contributed by atoms with E-state index in [-0.39, 0.29) is 25.2 Å². The van der Waals surface area contributed by atoms with E-state index in [1.807, 2.05) is 13.8 Å². The van der Waals surface area contributed by atoms with Crippen molar-refractivity contribution in [3.05, 3.63) is 28.8 Å². The number of carbonyl (C=O) groups excluding carboxylic acids is 1. The summed E-state index contributed by atoms with van der Waals surface area (Å²) in [5, 5.41) is 11.5. The van der Waals surface area contributed by atoms with Crippen LogP contribution in [0, 0.1) is 0 Å². The molecule has 21 heavy (non-hydrogen) atoms. The molecule has 116 valence electrons.